The molecule has 0 bridgehead atoms. The molecule has 1 aromatic carbocycles. The van der Waals surface area contributed by atoms with Crippen molar-refractivity contribution in [1.82, 2.24) is 18.9 Å². The third-order valence-corrected chi connectivity index (χ3v) is 6.25. The molecule has 3 aromatic rings. The number of hydrogen-bond acceptors (Lipinski definition) is 3. The summed E-state index contributed by atoms with van der Waals surface area (Å²) in [4.78, 5) is 32.5. The van der Waals surface area contributed by atoms with E-state index in [-0.39, 0.29) is 17.5 Å². The molecular weight excluding hydrogens is 388 g/mol. The SMILES string of the molecule is CC1CCCN1C(=O)c1cn2cc(-c3cccc(Cl)c3)n(CC3CC3)c(=O)c2n1. The first kappa shape index (κ1) is 18.4. The van der Waals surface area contributed by atoms with E-state index in [1.54, 1.807) is 15.2 Å². The molecule has 1 aliphatic carbocycles. The highest BCUT2D eigenvalue weighted by Gasteiger charge is 2.29. The molecule has 2 fully saturated rings. The predicted octanol–water partition coefficient (Wildman–Crippen LogP) is 3.85. The van der Waals surface area contributed by atoms with E-state index in [0.29, 0.717) is 28.8 Å². The smallest absolute Gasteiger partial charge is 0.294 e. The zero-order valence-electron chi connectivity index (χ0n) is 16.3. The molecule has 1 saturated heterocycles. The van der Waals surface area contributed by atoms with Crippen molar-refractivity contribution < 1.29 is 4.79 Å². The molecule has 0 N–H and O–H groups in total. The highest BCUT2D eigenvalue weighted by molar-refractivity contribution is 6.30. The lowest BCUT2D eigenvalue weighted by Gasteiger charge is -2.19. The first-order valence-corrected chi connectivity index (χ1v) is 10.6. The summed E-state index contributed by atoms with van der Waals surface area (Å²) in [5, 5.41) is 0.623. The van der Waals surface area contributed by atoms with E-state index in [9.17, 15) is 9.59 Å². The number of likely N-dealkylation sites (tertiary alicyclic amines) is 1. The van der Waals surface area contributed by atoms with Crippen molar-refractivity contribution in [3.63, 3.8) is 0 Å². The third kappa shape index (κ3) is 3.35. The summed E-state index contributed by atoms with van der Waals surface area (Å²) in [6.07, 6.45) is 7.86. The van der Waals surface area contributed by atoms with Crippen molar-refractivity contribution in [2.75, 3.05) is 6.54 Å². The van der Waals surface area contributed by atoms with Crippen LogP contribution < -0.4 is 5.56 Å². The van der Waals surface area contributed by atoms with Gasteiger partial charge in [-0.15, -0.1) is 0 Å². The van der Waals surface area contributed by atoms with Gasteiger partial charge in [0.25, 0.3) is 11.5 Å². The van der Waals surface area contributed by atoms with Crippen LogP contribution in [0.1, 0.15) is 43.1 Å². The largest absolute Gasteiger partial charge is 0.335 e. The first-order chi connectivity index (χ1) is 14.0. The summed E-state index contributed by atoms with van der Waals surface area (Å²) in [5.74, 6) is 0.422. The molecular formula is C22H23ClN4O2. The van der Waals surface area contributed by atoms with Crippen molar-refractivity contribution in [1.29, 1.82) is 0 Å². The Balaban J connectivity index is 1.64. The van der Waals surface area contributed by atoms with Crippen LogP contribution in [0.4, 0.5) is 0 Å². The number of fused-ring (bicyclic) bond motifs is 1. The molecule has 7 heteroatoms. The minimum atomic E-state index is -0.164. The summed E-state index contributed by atoms with van der Waals surface area (Å²) in [6.45, 7) is 3.46. The summed E-state index contributed by atoms with van der Waals surface area (Å²) in [7, 11) is 0. The number of carbonyl (C=O) groups is 1. The van der Waals surface area contributed by atoms with E-state index < -0.39 is 0 Å². The van der Waals surface area contributed by atoms with Gasteiger partial charge < -0.3 is 9.47 Å². The number of amides is 1. The quantitative estimate of drug-likeness (QED) is 0.656. The zero-order chi connectivity index (χ0) is 20.1. The fourth-order valence-electron chi connectivity index (χ4n) is 4.19. The molecule has 2 aromatic heterocycles. The lowest BCUT2D eigenvalue weighted by atomic mass is 10.1. The van der Waals surface area contributed by atoms with Crippen LogP contribution >= 0.6 is 11.6 Å². The topological polar surface area (TPSA) is 59.6 Å². The normalized spacial score (nSPS) is 19.2. The van der Waals surface area contributed by atoms with E-state index in [1.165, 1.54) is 0 Å². The van der Waals surface area contributed by atoms with Gasteiger partial charge in [-0.25, -0.2) is 4.98 Å². The van der Waals surface area contributed by atoms with Gasteiger partial charge in [-0.05, 0) is 50.7 Å². The van der Waals surface area contributed by atoms with Crippen LogP contribution in [0.25, 0.3) is 16.9 Å². The number of nitrogens with zero attached hydrogens (tertiary/aromatic N) is 4. The lowest BCUT2D eigenvalue weighted by molar-refractivity contribution is 0.0742. The molecule has 3 heterocycles. The van der Waals surface area contributed by atoms with Gasteiger partial charge in [-0.1, -0.05) is 23.7 Å². The Bertz CT molecular complexity index is 1160. The van der Waals surface area contributed by atoms with Crippen LogP contribution in [-0.4, -0.2) is 37.3 Å². The van der Waals surface area contributed by atoms with E-state index >= 15 is 0 Å². The first-order valence-electron chi connectivity index (χ1n) is 10.2. The van der Waals surface area contributed by atoms with Crippen molar-refractivity contribution in [2.24, 2.45) is 5.92 Å². The van der Waals surface area contributed by atoms with Gasteiger partial charge in [-0.3, -0.25) is 14.0 Å². The number of benzene rings is 1. The average molecular weight is 411 g/mol. The van der Waals surface area contributed by atoms with Gasteiger partial charge in [0.05, 0.1) is 5.69 Å². The maximum absolute atomic E-state index is 13.3. The van der Waals surface area contributed by atoms with Crippen LogP contribution in [0.15, 0.2) is 41.5 Å². The van der Waals surface area contributed by atoms with Gasteiger partial charge in [0, 0.05) is 42.1 Å². The summed E-state index contributed by atoms with van der Waals surface area (Å²) >= 11 is 6.20. The molecule has 2 aliphatic rings. The second-order valence-corrected chi connectivity index (χ2v) is 8.67. The van der Waals surface area contributed by atoms with E-state index in [4.69, 9.17) is 11.6 Å². The Kier molecular flexibility index (Phi) is 4.46. The number of imidazole rings is 1. The molecule has 29 heavy (non-hydrogen) atoms. The van der Waals surface area contributed by atoms with Crippen LogP contribution in [-0.2, 0) is 6.54 Å². The molecule has 0 spiro atoms. The van der Waals surface area contributed by atoms with Crippen molar-refractivity contribution >= 4 is 23.2 Å². The Morgan fingerprint density at radius 2 is 2.07 bits per heavy atom. The predicted molar refractivity (Wildman–Crippen MR) is 112 cm³/mol. The number of rotatable bonds is 4. The molecule has 1 unspecified atom stereocenters. The molecule has 1 saturated carbocycles. The highest BCUT2D eigenvalue weighted by atomic mass is 35.5. The fourth-order valence-corrected chi connectivity index (χ4v) is 4.38. The van der Waals surface area contributed by atoms with Gasteiger partial charge in [0.1, 0.15) is 5.69 Å². The molecule has 1 amide bonds. The molecule has 0 radical (unpaired) electrons. The Labute approximate surface area is 173 Å². The lowest BCUT2D eigenvalue weighted by Crippen LogP contribution is -2.33. The molecule has 150 valence electrons. The van der Waals surface area contributed by atoms with E-state index in [2.05, 4.69) is 11.9 Å². The summed E-state index contributed by atoms with van der Waals surface area (Å²) in [6, 6.07) is 7.72. The van der Waals surface area contributed by atoms with Gasteiger partial charge in [0.2, 0.25) is 5.65 Å². The van der Waals surface area contributed by atoms with Gasteiger partial charge in [0.15, 0.2) is 0 Å². The van der Waals surface area contributed by atoms with E-state index in [1.807, 2.05) is 35.4 Å². The van der Waals surface area contributed by atoms with Gasteiger partial charge >= 0.3 is 0 Å². The van der Waals surface area contributed by atoms with Crippen molar-refractivity contribution in [3.05, 3.63) is 57.7 Å². The van der Waals surface area contributed by atoms with Crippen LogP contribution in [0.5, 0.6) is 0 Å². The minimum Gasteiger partial charge on any atom is -0.335 e. The zero-order valence-corrected chi connectivity index (χ0v) is 17.1. The van der Waals surface area contributed by atoms with Crippen molar-refractivity contribution in [3.8, 4) is 11.3 Å². The second kappa shape index (κ2) is 7.02. The molecule has 6 nitrogen and oxygen atoms in total. The molecule has 1 atom stereocenters. The van der Waals surface area contributed by atoms with Crippen LogP contribution in [0, 0.1) is 5.92 Å². The Morgan fingerprint density at radius 1 is 1.24 bits per heavy atom. The van der Waals surface area contributed by atoms with E-state index in [0.717, 1.165) is 43.5 Å². The standard InChI is InChI=1S/C22H23ClN4O2/c1-14-4-3-9-26(14)21(28)18-12-25-13-19(16-5-2-6-17(23)10-16)27(11-15-7-8-15)22(29)20(25)24-18/h2,5-6,10,12-15H,3-4,7-9,11H2,1H3. The maximum atomic E-state index is 13.3. The average Bonchev–Trinajstić information content (AvgIpc) is 3.25. The van der Waals surface area contributed by atoms with Crippen LogP contribution in [0.3, 0.4) is 0 Å². The minimum absolute atomic E-state index is 0.101. The second-order valence-electron chi connectivity index (χ2n) is 8.23. The molecule has 5 rings (SSSR count). The monoisotopic (exact) mass is 410 g/mol. The number of hydrogen-bond donors (Lipinski definition) is 0. The Hall–Kier alpha value is -2.60. The summed E-state index contributed by atoms with van der Waals surface area (Å²) < 4.78 is 3.48. The number of halogens is 1. The van der Waals surface area contributed by atoms with Gasteiger partial charge in [-0.2, -0.15) is 0 Å². The summed E-state index contributed by atoms with van der Waals surface area (Å²) in [5.41, 5.74) is 2.14. The fraction of sp³-hybridized carbons (Fsp3) is 0.409. The number of carbonyl (C=O) groups excluding carboxylic acids is 1. The Morgan fingerprint density at radius 3 is 2.76 bits per heavy atom. The number of aromatic nitrogens is 3. The maximum Gasteiger partial charge on any atom is 0.294 e. The highest BCUT2D eigenvalue weighted by Crippen LogP contribution is 2.32. The molecule has 1 aliphatic heterocycles. The third-order valence-electron chi connectivity index (χ3n) is 6.01. The van der Waals surface area contributed by atoms with Crippen LogP contribution in [0.2, 0.25) is 5.02 Å². The van der Waals surface area contributed by atoms with Crippen molar-refractivity contribution in [2.45, 2.75) is 45.2 Å².